The molecule has 0 saturated heterocycles. The van der Waals surface area contributed by atoms with Crippen LogP contribution >= 0.6 is 0 Å². The highest BCUT2D eigenvalue weighted by Crippen LogP contribution is 2.58. The summed E-state index contributed by atoms with van der Waals surface area (Å²) in [5.74, 6) is 2.48. The van der Waals surface area contributed by atoms with Crippen LogP contribution in [-0.4, -0.2) is 6.71 Å². The van der Waals surface area contributed by atoms with Crippen molar-refractivity contribution in [3.63, 3.8) is 0 Å². The zero-order valence-corrected chi connectivity index (χ0v) is 48.5. The lowest BCUT2D eigenvalue weighted by molar-refractivity contribution is 0.203. The Morgan fingerprint density at radius 1 is 0.526 bits per heavy atom. The fourth-order valence-electron chi connectivity index (χ4n) is 15.1. The molecule has 0 spiro atoms. The highest BCUT2D eigenvalue weighted by atomic mass is 16.5. The van der Waals surface area contributed by atoms with E-state index < -0.39 is 0 Å². The molecule has 3 nitrogen and oxygen atoms in total. The Morgan fingerprint density at radius 2 is 1.11 bits per heavy atom. The first-order valence-corrected chi connectivity index (χ1v) is 28.6. The van der Waals surface area contributed by atoms with Crippen LogP contribution < -0.4 is 25.5 Å². The van der Waals surface area contributed by atoms with Gasteiger partial charge >= 0.3 is 0 Å². The highest BCUT2D eigenvalue weighted by Gasteiger charge is 2.50. The van der Waals surface area contributed by atoms with Crippen LogP contribution in [0.1, 0.15) is 184 Å². The molecule has 0 unspecified atom stereocenters. The molecule has 3 aliphatic heterocycles. The number of fused-ring (bicyclic) bond motifs is 7. The van der Waals surface area contributed by atoms with Crippen molar-refractivity contribution in [1.29, 1.82) is 0 Å². The average Bonchev–Trinajstić information content (AvgIpc) is 3.75. The molecule has 3 aliphatic carbocycles. The standard InChI is InChI=1S/C72H79BN2O/c1-42-29-60-65-61(30-42)75(58-28-27-50(69(8,9)10)34-52(58)43-21-24-48(25-22-43)67(2,3)4)59-37-63-55(72(15,16)54-19-17-18-20-62(54)76-63)36-56(59)73(65)57-33-44-23-26-49(68(5,6)7)35-53(44)66(57)74(60)51-31-45-38-70(11,12)40-47-41-71(13,14)39-46(32-51)64(45)47/h17-32,34-37,47H,33,38-41H2,1-16H3. The molecule has 4 heteroatoms. The van der Waals surface area contributed by atoms with E-state index >= 15 is 0 Å². The maximum atomic E-state index is 7.12. The molecule has 7 aromatic carbocycles. The van der Waals surface area contributed by atoms with Gasteiger partial charge in [-0.25, -0.2) is 0 Å². The molecular formula is C72H79BN2O. The molecular weight excluding hydrogens is 920 g/mol. The fraction of sp³-hybridized carbons (Fsp3) is 0.389. The van der Waals surface area contributed by atoms with Gasteiger partial charge in [-0.15, -0.1) is 0 Å². The predicted octanol–water partition coefficient (Wildman–Crippen LogP) is 18.1. The summed E-state index contributed by atoms with van der Waals surface area (Å²) < 4.78 is 7.12. The highest BCUT2D eigenvalue weighted by molar-refractivity contribution is 6.96. The van der Waals surface area contributed by atoms with Crippen molar-refractivity contribution in [2.45, 2.75) is 170 Å². The van der Waals surface area contributed by atoms with Crippen molar-refractivity contribution >= 4 is 51.8 Å². The van der Waals surface area contributed by atoms with Gasteiger partial charge in [0.2, 0.25) is 6.71 Å². The largest absolute Gasteiger partial charge is 0.457 e. The van der Waals surface area contributed by atoms with Gasteiger partial charge in [0.05, 0.1) is 5.69 Å². The smallest absolute Gasteiger partial charge is 0.247 e. The van der Waals surface area contributed by atoms with Gasteiger partial charge in [0, 0.05) is 62.2 Å². The van der Waals surface area contributed by atoms with Crippen LogP contribution in [0, 0.1) is 17.8 Å². The minimum absolute atomic E-state index is 0.00609. The van der Waals surface area contributed by atoms with Gasteiger partial charge in [-0.3, -0.25) is 0 Å². The molecule has 386 valence electrons. The molecule has 3 heterocycles. The Bertz CT molecular complexity index is 3610. The Labute approximate surface area is 455 Å². The molecule has 7 aromatic rings. The Balaban J connectivity index is 1.14. The zero-order chi connectivity index (χ0) is 53.6. The number of hydrogen-bond donors (Lipinski definition) is 0. The summed E-state index contributed by atoms with van der Waals surface area (Å²) in [6, 6.07) is 48.3. The van der Waals surface area contributed by atoms with Gasteiger partial charge in [0.15, 0.2) is 0 Å². The van der Waals surface area contributed by atoms with Crippen molar-refractivity contribution in [1.82, 2.24) is 0 Å². The number of aryl methyl sites for hydroxylation is 1. The first-order chi connectivity index (χ1) is 35.6. The first kappa shape index (κ1) is 49.3. The minimum Gasteiger partial charge on any atom is -0.457 e. The molecule has 0 amide bonds. The van der Waals surface area contributed by atoms with Gasteiger partial charge in [-0.1, -0.05) is 176 Å². The number of rotatable bonds is 3. The number of ether oxygens (including phenoxy) is 1. The van der Waals surface area contributed by atoms with E-state index in [9.17, 15) is 0 Å². The SMILES string of the molecule is Cc1cc2c3c(c1)N(c1ccc(C(C)(C)C)cc1-c1ccc(C(C)(C)C)cc1)c1cc4c(cc1B3C1=C(c3cc(C(C)(C)C)ccc3C1)N2c1cc2c3c(c1)CC(C)(C)CC3CC(C)(C)C2)C(C)(C)c1ccccc1O4. The van der Waals surface area contributed by atoms with E-state index in [4.69, 9.17) is 4.74 Å². The summed E-state index contributed by atoms with van der Waals surface area (Å²) in [7, 11) is 0. The molecule has 0 atom stereocenters. The lowest BCUT2D eigenvalue weighted by atomic mass is 9.32. The van der Waals surface area contributed by atoms with Crippen molar-refractivity contribution < 1.29 is 4.74 Å². The van der Waals surface area contributed by atoms with E-state index in [1.54, 1.807) is 16.7 Å². The van der Waals surface area contributed by atoms with E-state index in [-0.39, 0.29) is 39.2 Å². The third-order valence-electron chi connectivity index (χ3n) is 18.8. The summed E-state index contributed by atoms with van der Waals surface area (Å²) in [5, 5.41) is 0. The number of benzene rings is 7. The van der Waals surface area contributed by atoms with E-state index in [2.05, 4.69) is 242 Å². The van der Waals surface area contributed by atoms with E-state index in [0.717, 1.165) is 30.8 Å². The van der Waals surface area contributed by atoms with Gasteiger partial charge in [-0.05, 0) is 182 Å². The minimum atomic E-state index is -0.295. The number of anilines is 5. The summed E-state index contributed by atoms with van der Waals surface area (Å²) in [5.41, 5.74) is 29.9. The fourth-order valence-corrected chi connectivity index (χ4v) is 15.1. The van der Waals surface area contributed by atoms with Gasteiger partial charge in [0.25, 0.3) is 0 Å². The van der Waals surface area contributed by atoms with E-state index in [1.165, 1.54) is 119 Å². The Morgan fingerprint density at radius 3 is 1.74 bits per heavy atom. The Kier molecular flexibility index (Phi) is 10.5. The van der Waals surface area contributed by atoms with Gasteiger partial charge in [0.1, 0.15) is 11.5 Å². The number of allylic oxidation sites excluding steroid dienone is 1. The molecule has 13 rings (SSSR count). The topological polar surface area (TPSA) is 15.7 Å². The number of para-hydroxylation sites is 1. The van der Waals surface area contributed by atoms with Crippen LogP contribution in [0.4, 0.5) is 28.4 Å². The van der Waals surface area contributed by atoms with Gasteiger partial charge in [-0.2, -0.15) is 0 Å². The van der Waals surface area contributed by atoms with Crippen molar-refractivity contribution in [3.8, 4) is 22.6 Å². The van der Waals surface area contributed by atoms with Crippen LogP contribution in [0.5, 0.6) is 11.5 Å². The van der Waals surface area contributed by atoms with E-state index in [1.807, 2.05) is 0 Å². The molecule has 0 radical (unpaired) electrons. The van der Waals surface area contributed by atoms with Gasteiger partial charge < -0.3 is 14.5 Å². The van der Waals surface area contributed by atoms with Crippen LogP contribution in [0.2, 0.25) is 0 Å². The normalized spacial score (nSPS) is 18.5. The number of nitrogens with zero attached hydrogens (tertiary/aromatic N) is 2. The van der Waals surface area contributed by atoms with Crippen molar-refractivity contribution in [2.75, 3.05) is 9.80 Å². The van der Waals surface area contributed by atoms with Crippen LogP contribution in [0.15, 0.2) is 127 Å². The first-order valence-electron chi connectivity index (χ1n) is 28.6. The van der Waals surface area contributed by atoms with Crippen LogP contribution in [-0.2, 0) is 40.9 Å². The maximum absolute atomic E-state index is 7.12. The molecule has 0 aromatic heterocycles. The average molecular weight is 999 g/mol. The van der Waals surface area contributed by atoms with Crippen molar-refractivity contribution in [2.24, 2.45) is 10.8 Å². The Hall–Kier alpha value is -6.26. The van der Waals surface area contributed by atoms with E-state index in [0.29, 0.717) is 5.92 Å². The zero-order valence-electron chi connectivity index (χ0n) is 48.5. The van der Waals surface area contributed by atoms with Crippen molar-refractivity contribution in [3.05, 3.63) is 188 Å². The lowest BCUT2D eigenvalue weighted by Gasteiger charge is -2.47. The second-order valence-corrected chi connectivity index (χ2v) is 29.4. The second-order valence-electron chi connectivity index (χ2n) is 29.4. The summed E-state index contributed by atoms with van der Waals surface area (Å²) in [4.78, 5) is 5.44. The maximum Gasteiger partial charge on any atom is 0.247 e. The predicted molar refractivity (Wildman–Crippen MR) is 324 cm³/mol. The third kappa shape index (κ3) is 7.64. The summed E-state index contributed by atoms with van der Waals surface area (Å²) in [6.07, 6.45) is 5.63. The third-order valence-corrected chi connectivity index (χ3v) is 18.8. The second kappa shape index (κ2) is 16.2. The molecule has 6 aliphatic rings. The molecule has 0 fully saturated rings. The van der Waals surface area contributed by atoms with Crippen LogP contribution in [0.25, 0.3) is 16.8 Å². The molecule has 0 saturated carbocycles. The molecule has 0 bridgehead atoms. The monoisotopic (exact) mass is 999 g/mol. The number of hydrogen-bond acceptors (Lipinski definition) is 3. The lowest BCUT2D eigenvalue weighted by Crippen LogP contribution is -2.56. The summed E-state index contributed by atoms with van der Waals surface area (Å²) in [6.45, 7) is 38.3. The summed E-state index contributed by atoms with van der Waals surface area (Å²) >= 11 is 0. The van der Waals surface area contributed by atoms with Crippen LogP contribution in [0.3, 0.4) is 0 Å². The molecule has 76 heavy (non-hydrogen) atoms. The molecule has 0 N–H and O–H groups in total. The quantitative estimate of drug-likeness (QED) is 0.164.